The highest BCUT2D eigenvalue weighted by Crippen LogP contribution is 2.36. The van der Waals surface area contributed by atoms with Crippen molar-refractivity contribution >= 4 is 61.5 Å². The number of halogens is 2. The molecule has 3 aromatic rings. The average molecular weight is 660 g/mol. The summed E-state index contributed by atoms with van der Waals surface area (Å²) in [4.78, 5) is 36.6. The number of hydrogen-bond acceptors (Lipinski definition) is 6. The largest absolute Gasteiger partial charge is 0.490 e. The summed E-state index contributed by atoms with van der Waals surface area (Å²) >= 11 is 6.87. The lowest BCUT2D eigenvalue weighted by atomic mass is 10.1. The van der Waals surface area contributed by atoms with Crippen LogP contribution in [0.4, 0.5) is 5.69 Å². The van der Waals surface area contributed by atoms with E-state index < -0.39 is 11.8 Å². The number of amides is 3. The molecule has 0 aliphatic rings. The van der Waals surface area contributed by atoms with Gasteiger partial charge in [-0.15, -0.1) is 0 Å². The summed E-state index contributed by atoms with van der Waals surface area (Å²) in [5, 5.41) is 9.21. The van der Waals surface area contributed by atoms with Crippen LogP contribution in [-0.2, 0) is 20.9 Å². The van der Waals surface area contributed by atoms with Crippen LogP contribution in [0.3, 0.4) is 0 Å². The summed E-state index contributed by atoms with van der Waals surface area (Å²) in [6, 6.07) is 16.4. The van der Waals surface area contributed by atoms with Crippen LogP contribution < -0.4 is 25.5 Å². The summed E-state index contributed by atoms with van der Waals surface area (Å²) < 4.78 is 12.9. The number of nitrogens with zero attached hydrogens (tertiary/aromatic N) is 1. The van der Waals surface area contributed by atoms with Gasteiger partial charge in [0.2, 0.25) is 0 Å². The molecule has 3 amide bonds. The lowest BCUT2D eigenvalue weighted by Gasteiger charge is -2.15. The quantitative estimate of drug-likeness (QED) is 0.161. The molecule has 0 aromatic heterocycles. The van der Waals surface area contributed by atoms with Gasteiger partial charge in [0.25, 0.3) is 5.91 Å². The summed E-state index contributed by atoms with van der Waals surface area (Å²) in [5.41, 5.74) is 6.40. The van der Waals surface area contributed by atoms with E-state index in [2.05, 4.69) is 53.0 Å². The fourth-order valence-electron chi connectivity index (χ4n) is 3.31. The third-order valence-electron chi connectivity index (χ3n) is 5.28. The lowest BCUT2D eigenvalue weighted by molar-refractivity contribution is -0.139. The maximum atomic E-state index is 12.4. The Morgan fingerprint density at radius 2 is 1.67 bits per heavy atom. The minimum absolute atomic E-state index is 0.225. The van der Waals surface area contributed by atoms with Crippen molar-refractivity contribution in [2.45, 2.75) is 27.3 Å². The number of rotatable bonds is 10. The normalized spacial score (nSPS) is 10.7. The molecule has 39 heavy (non-hydrogen) atoms. The Bertz CT molecular complexity index is 1380. The molecule has 3 N–H and O–H groups in total. The Labute approximate surface area is 243 Å². The van der Waals surface area contributed by atoms with Crippen molar-refractivity contribution in [2.75, 3.05) is 18.5 Å². The van der Waals surface area contributed by atoms with Crippen molar-refractivity contribution in [1.29, 1.82) is 0 Å². The molecule has 11 heteroatoms. The Balaban J connectivity index is 1.57. The molecule has 0 unspecified atom stereocenters. The summed E-state index contributed by atoms with van der Waals surface area (Å²) in [6.07, 6.45) is 1.37. The molecule has 0 aliphatic heterocycles. The number of nitrogens with one attached hydrogen (secondary N) is 3. The molecular formula is C28H28Br2N4O5. The molecular weight excluding hydrogens is 632 g/mol. The highest BCUT2D eigenvalue weighted by molar-refractivity contribution is 9.10. The maximum Gasteiger partial charge on any atom is 0.329 e. The Morgan fingerprint density at radius 3 is 2.36 bits per heavy atom. The molecule has 0 bridgehead atoms. The molecule has 3 rings (SSSR count). The molecule has 3 aromatic carbocycles. The van der Waals surface area contributed by atoms with Gasteiger partial charge < -0.3 is 20.1 Å². The summed E-state index contributed by atoms with van der Waals surface area (Å²) in [7, 11) is 0. The second-order valence-corrected chi connectivity index (χ2v) is 10.1. The molecule has 0 saturated carbocycles. The molecule has 0 heterocycles. The number of anilines is 1. The monoisotopic (exact) mass is 658 g/mol. The molecule has 0 aliphatic carbocycles. The fourth-order valence-corrected chi connectivity index (χ4v) is 4.13. The zero-order chi connectivity index (χ0) is 28.4. The second kappa shape index (κ2) is 14.5. The van der Waals surface area contributed by atoms with E-state index in [-0.39, 0.29) is 19.1 Å². The third kappa shape index (κ3) is 9.22. The van der Waals surface area contributed by atoms with Crippen molar-refractivity contribution in [1.82, 2.24) is 10.7 Å². The first-order valence-corrected chi connectivity index (χ1v) is 13.6. The highest BCUT2D eigenvalue weighted by Gasteiger charge is 2.15. The van der Waals surface area contributed by atoms with E-state index in [0.717, 1.165) is 21.2 Å². The molecule has 0 radical (unpaired) electrons. The molecule has 204 valence electrons. The summed E-state index contributed by atoms with van der Waals surface area (Å²) in [5.74, 6) is -1.31. The highest BCUT2D eigenvalue weighted by atomic mass is 79.9. The molecule has 0 fully saturated rings. The Hall–Kier alpha value is -3.70. The van der Waals surface area contributed by atoms with Crippen molar-refractivity contribution in [3.05, 3.63) is 85.8 Å². The first-order chi connectivity index (χ1) is 18.7. The van der Waals surface area contributed by atoms with Gasteiger partial charge in [-0.25, -0.2) is 5.43 Å². The number of hydrogen-bond donors (Lipinski definition) is 3. The standard InChI is InChI=1S/C28H28Br2N4O5/c1-4-38-24-13-20(15-32-34-28(37)27(36)31-14-19-7-5-17(2)6-8-19)12-23(30)26(24)39-16-25(35)33-21-9-10-22(29)18(3)11-21/h5-13,15H,4,14,16H2,1-3H3,(H,31,36)(H,33,35)(H,34,37)/b32-15-. The predicted octanol–water partition coefficient (Wildman–Crippen LogP) is 5.01. The van der Waals surface area contributed by atoms with Crippen molar-refractivity contribution in [3.8, 4) is 11.5 Å². The van der Waals surface area contributed by atoms with E-state index in [1.165, 1.54) is 6.21 Å². The van der Waals surface area contributed by atoms with E-state index in [4.69, 9.17) is 9.47 Å². The van der Waals surface area contributed by atoms with Crippen LogP contribution in [0.5, 0.6) is 11.5 Å². The molecule has 0 saturated heterocycles. The zero-order valence-corrected chi connectivity index (χ0v) is 24.8. The van der Waals surface area contributed by atoms with Gasteiger partial charge in [-0.2, -0.15) is 5.10 Å². The lowest BCUT2D eigenvalue weighted by Crippen LogP contribution is -2.37. The minimum Gasteiger partial charge on any atom is -0.490 e. The minimum atomic E-state index is -0.894. The molecule has 9 nitrogen and oxygen atoms in total. The number of carbonyl (C=O) groups is 3. The van der Waals surface area contributed by atoms with E-state index in [1.807, 2.05) is 57.2 Å². The Morgan fingerprint density at radius 1 is 0.923 bits per heavy atom. The fraction of sp³-hybridized carbons (Fsp3) is 0.214. The number of hydrazone groups is 1. The van der Waals surface area contributed by atoms with Gasteiger partial charge in [0, 0.05) is 16.7 Å². The van der Waals surface area contributed by atoms with Gasteiger partial charge in [-0.1, -0.05) is 45.8 Å². The van der Waals surface area contributed by atoms with Crippen LogP contribution in [0, 0.1) is 13.8 Å². The SMILES string of the molecule is CCOc1cc(/C=N\NC(=O)C(=O)NCc2ccc(C)cc2)cc(Br)c1OCC(=O)Nc1ccc(Br)c(C)c1. The van der Waals surface area contributed by atoms with Crippen LogP contribution in [0.1, 0.15) is 29.2 Å². The van der Waals surface area contributed by atoms with E-state index in [0.29, 0.717) is 33.8 Å². The summed E-state index contributed by atoms with van der Waals surface area (Å²) in [6.45, 7) is 6.05. The number of ether oxygens (including phenoxy) is 2. The zero-order valence-electron chi connectivity index (χ0n) is 21.6. The second-order valence-electron chi connectivity index (χ2n) is 8.43. The average Bonchev–Trinajstić information content (AvgIpc) is 2.90. The smallest absolute Gasteiger partial charge is 0.329 e. The number of aryl methyl sites for hydroxylation is 2. The first-order valence-electron chi connectivity index (χ1n) is 12.0. The van der Waals surface area contributed by atoms with Gasteiger partial charge in [0.1, 0.15) is 0 Å². The third-order valence-corrected chi connectivity index (χ3v) is 6.76. The van der Waals surface area contributed by atoms with Gasteiger partial charge in [0.05, 0.1) is 17.3 Å². The van der Waals surface area contributed by atoms with E-state index in [1.54, 1.807) is 18.2 Å². The van der Waals surface area contributed by atoms with Crippen molar-refractivity contribution in [2.24, 2.45) is 5.10 Å². The van der Waals surface area contributed by atoms with Crippen LogP contribution in [0.2, 0.25) is 0 Å². The van der Waals surface area contributed by atoms with Crippen LogP contribution in [0.25, 0.3) is 0 Å². The van der Waals surface area contributed by atoms with Crippen LogP contribution in [-0.4, -0.2) is 37.1 Å². The van der Waals surface area contributed by atoms with E-state index >= 15 is 0 Å². The van der Waals surface area contributed by atoms with Crippen molar-refractivity contribution in [3.63, 3.8) is 0 Å². The number of carbonyl (C=O) groups excluding carboxylic acids is 3. The Kier molecular flexibility index (Phi) is 11.1. The molecule has 0 atom stereocenters. The predicted molar refractivity (Wildman–Crippen MR) is 157 cm³/mol. The van der Waals surface area contributed by atoms with Gasteiger partial charge in [-0.3, -0.25) is 14.4 Å². The van der Waals surface area contributed by atoms with Crippen molar-refractivity contribution < 1.29 is 23.9 Å². The first kappa shape index (κ1) is 29.9. The van der Waals surface area contributed by atoms with E-state index in [9.17, 15) is 14.4 Å². The van der Waals surface area contributed by atoms with Gasteiger partial charge >= 0.3 is 11.8 Å². The maximum absolute atomic E-state index is 12.4. The van der Waals surface area contributed by atoms with Crippen LogP contribution in [0.15, 0.2) is 68.6 Å². The topological polar surface area (TPSA) is 118 Å². The number of benzene rings is 3. The molecule has 0 spiro atoms. The van der Waals surface area contributed by atoms with Crippen LogP contribution >= 0.6 is 31.9 Å². The van der Waals surface area contributed by atoms with Gasteiger partial charge in [-0.05, 0) is 83.7 Å². The van der Waals surface area contributed by atoms with Gasteiger partial charge in [0.15, 0.2) is 18.1 Å².